The van der Waals surface area contributed by atoms with Gasteiger partial charge in [0.05, 0.1) is 13.2 Å². The molecule has 0 radical (unpaired) electrons. The third-order valence-electron chi connectivity index (χ3n) is 4.56. The van der Waals surface area contributed by atoms with E-state index in [1.165, 1.54) is 0 Å². The van der Waals surface area contributed by atoms with Crippen LogP contribution in [0.2, 0.25) is 0 Å². The molecule has 25 heavy (non-hydrogen) atoms. The minimum Gasteiger partial charge on any atom is -0.493 e. The molecule has 5 heteroatoms. The lowest BCUT2D eigenvalue weighted by Crippen LogP contribution is -2.32. The van der Waals surface area contributed by atoms with Crippen molar-refractivity contribution in [3.8, 4) is 11.5 Å². The quantitative estimate of drug-likeness (QED) is 0.478. The van der Waals surface area contributed by atoms with Crippen LogP contribution in [0, 0.1) is 3.57 Å². The topological polar surface area (TPSA) is 38.8 Å². The summed E-state index contributed by atoms with van der Waals surface area (Å²) in [6.45, 7) is 1.30. The van der Waals surface area contributed by atoms with Gasteiger partial charge >= 0.3 is 0 Å². The van der Waals surface area contributed by atoms with Crippen molar-refractivity contribution in [3.63, 3.8) is 0 Å². The number of hydrogen-bond acceptors (Lipinski definition) is 3. The molecule has 0 spiro atoms. The Morgan fingerprint density at radius 3 is 2.72 bits per heavy atom. The number of methoxy groups -OCH3 is 1. The highest BCUT2D eigenvalue weighted by Crippen LogP contribution is 2.39. The van der Waals surface area contributed by atoms with Gasteiger partial charge in [-0.05, 0) is 65.1 Å². The van der Waals surface area contributed by atoms with Crippen molar-refractivity contribution in [1.29, 1.82) is 0 Å². The Kier molecular flexibility index (Phi) is 6.18. The Bertz CT molecular complexity index is 720. The average molecular weight is 451 g/mol. The van der Waals surface area contributed by atoms with Crippen molar-refractivity contribution in [2.45, 2.75) is 31.9 Å². The number of ether oxygens (including phenoxy) is 2. The normalized spacial score (nSPS) is 17.2. The zero-order valence-corrected chi connectivity index (χ0v) is 16.4. The van der Waals surface area contributed by atoms with Gasteiger partial charge in [-0.15, -0.1) is 0 Å². The molecule has 1 aliphatic rings. The minimum atomic E-state index is 0.114. The van der Waals surface area contributed by atoms with Crippen LogP contribution in [0.5, 0.6) is 11.5 Å². The molecule has 3 rings (SSSR count). The minimum absolute atomic E-state index is 0.114. The van der Waals surface area contributed by atoms with E-state index in [1.54, 1.807) is 7.11 Å². The molecule has 1 aliphatic heterocycles. The summed E-state index contributed by atoms with van der Waals surface area (Å²) >= 11 is 2.32. The van der Waals surface area contributed by atoms with Crippen LogP contribution < -0.4 is 9.47 Å². The third kappa shape index (κ3) is 4.26. The highest BCUT2D eigenvalue weighted by molar-refractivity contribution is 14.1. The van der Waals surface area contributed by atoms with Crippen molar-refractivity contribution < 1.29 is 14.3 Å². The van der Waals surface area contributed by atoms with Gasteiger partial charge in [0, 0.05) is 10.1 Å². The van der Waals surface area contributed by atoms with Crippen LogP contribution >= 0.6 is 22.6 Å². The van der Waals surface area contributed by atoms with E-state index >= 15 is 0 Å². The summed E-state index contributed by atoms with van der Waals surface area (Å²) in [6, 6.07) is 14.2. The highest BCUT2D eigenvalue weighted by Gasteiger charge is 2.26. The van der Waals surface area contributed by atoms with Crippen molar-refractivity contribution in [2.75, 3.05) is 13.7 Å². The number of nitrogens with zero attached hydrogens (tertiary/aromatic N) is 1. The van der Waals surface area contributed by atoms with Gasteiger partial charge in [-0.25, -0.2) is 0 Å². The van der Waals surface area contributed by atoms with Gasteiger partial charge in [0.1, 0.15) is 6.61 Å². The molecule has 132 valence electrons. The standard InChI is InChI=1S/C20H22INO3/c1-24-19-12-17(21)16(18-9-5-6-10-22(18)14-23)11-20(19)25-13-15-7-3-2-4-8-15/h2-4,7-8,11-12,14,18H,5-6,9-10,13H2,1H3. The first-order chi connectivity index (χ1) is 12.2. The van der Waals surface area contributed by atoms with Gasteiger partial charge in [0.2, 0.25) is 6.41 Å². The zero-order valence-electron chi connectivity index (χ0n) is 14.3. The van der Waals surface area contributed by atoms with Crippen LogP contribution in [-0.2, 0) is 11.4 Å². The lowest BCUT2D eigenvalue weighted by molar-refractivity contribution is -0.121. The zero-order chi connectivity index (χ0) is 17.6. The van der Waals surface area contributed by atoms with Crippen LogP contribution in [0.3, 0.4) is 0 Å². The van der Waals surface area contributed by atoms with E-state index in [-0.39, 0.29) is 6.04 Å². The maximum atomic E-state index is 11.4. The maximum absolute atomic E-state index is 11.4. The van der Waals surface area contributed by atoms with E-state index in [0.717, 1.165) is 58.4 Å². The van der Waals surface area contributed by atoms with Crippen LogP contribution in [-0.4, -0.2) is 25.0 Å². The average Bonchev–Trinajstić information content (AvgIpc) is 2.67. The molecule has 1 saturated heterocycles. The SMILES string of the molecule is COc1cc(I)c(C2CCCCN2C=O)cc1OCc1ccccc1. The number of benzene rings is 2. The molecule has 1 unspecified atom stereocenters. The molecule has 4 nitrogen and oxygen atoms in total. The summed E-state index contributed by atoms with van der Waals surface area (Å²) in [4.78, 5) is 13.3. The first-order valence-electron chi connectivity index (χ1n) is 8.48. The van der Waals surface area contributed by atoms with E-state index in [1.807, 2.05) is 47.4 Å². The van der Waals surface area contributed by atoms with Crippen LogP contribution in [0.1, 0.15) is 36.4 Å². The number of likely N-dealkylation sites (tertiary alicyclic amines) is 1. The third-order valence-corrected chi connectivity index (χ3v) is 5.49. The summed E-state index contributed by atoms with van der Waals surface area (Å²) in [7, 11) is 1.65. The number of halogens is 1. The van der Waals surface area contributed by atoms with Crippen molar-refractivity contribution in [2.24, 2.45) is 0 Å². The smallest absolute Gasteiger partial charge is 0.210 e. The lowest BCUT2D eigenvalue weighted by Gasteiger charge is -2.34. The summed E-state index contributed by atoms with van der Waals surface area (Å²) in [6.07, 6.45) is 4.16. The first-order valence-corrected chi connectivity index (χ1v) is 9.56. The largest absolute Gasteiger partial charge is 0.493 e. The molecule has 0 saturated carbocycles. The number of carbonyl (C=O) groups excluding carboxylic acids is 1. The van der Waals surface area contributed by atoms with Gasteiger partial charge < -0.3 is 14.4 Å². The Labute approximate surface area is 162 Å². The van der Waals surface area contributed by atoms with Crippen molar-refractivity contribution in [1.82, 2.24) is 4.90 Å². The predicted octanol–water partition coefficient (Wildman–Crippen LogP) is 4.56. The lowest BCUT2D eigenvalue weighted by atomic mass is 9.95. The van der Waals surface area contributed by atoms with E-state index in [2.05, 4.69) is 22.6 Å². The maximum Gasteiger partial charge on any atom is 0.210 e. The van der Waals surface area contributed by atoms with Gasteiger partial charge in [-0.2, -0.15) is 0 Å². The number of carbonyl (C=O) groups is 1. The van der Waals surface area contributed by atoms with Gasteiger partial charge in [0.15, 0.2) is 11.5 Å². The molecular formula is C20H22INO3. The Morgan fingerprint density at radius 1 is 1.20 bits per heavy atom. The van der Waals surface area contributed by atoms with Crippen LogP contribution in [0.25, 0.3) is 0 Å². The second-order valence-electron chi connectivity index (χ2n) is 6.15. The van der Waals surface area contributed by atoms with Crippen molar-refractivity contribution in [3.05, 3.63) is 57.2 Å². The molecule has 0 N–H and O–H groups in total. The van der Waals surface area contributed by atoms with Gasteiger partial charge in [-0.1, -0.05) is 30.3 Å². The molecule has 2 aromatic carbocycles. The van der Waals surface area contributed by atoms with Crippen molar-refractivity contribution >= 4 is 29.0 Å². The van der Waals surface area contributed by atoms with Crippen LogP contribution in [0.4, 0.5) is 0 Å². The summed E-state index contributed by atoms with van der Waals surface area (Å²) < 4.78 is 12.6. The fraction of sp³-hybridized carbons (Fsp3) is 0.350. The van der Waals surface area contributed by atoms with E-state index in [0.29, 0.717) is 6.61 Å². The Morgan fingerprint density at radius 2 is 2.00 bits per heavy atom. The second kappa shape index (κ2) is 8.56. The molecule has 1 heterocycles. The van der Waals surface area contributed by atoms with Crippen LogP contribution in [0.15, 0.2) is 42.5 Å². The molecule has 0 aromatic heterocycles. The van der Waals surface area contributed by atoms with Gasteiger partial charge in [-0.3, -0.25) is 4.79 Å². The predicted molar refractivity (Wildman–Crippen MR) is 106 cm³/mol. The number of amides is 1. The van der Waals surface area contributed by atoms with Gasteiger partial charge in [0.25, 0.3) is 0 Å². The summed E-state index contributed by atoms with van der Waals surface area (Å²) in [5.41, 5.74) is 2.24. The van der Waals surface area contributed by atoms with E-state index in [9.17, 15) is 4.79 Å². The molecule has 1 amide bonds. The highest BCUT2D eigenvalue weighted by atomic mass is 127. The van der Waals surface area contributed by atoms with E-state index < -0.39 is 0 Å². The molecule has 0 aliphatic carbocycles. The number of piperidine rings is 1. The fourth-order valence-electron chi connectivity index (χ4n) is 3.23. The molecule has 1 fully saturated rings. The molecule has 1 atom stereocenters. The Hall–Kier alpha value is -1.76. The molecule has 2 aromatic rings. The number of hydrogen-bond donors (Lipinski definition) is 0. The summed E-state index contributed by atoms with van der Waals surface area (Å²) in [5.74, 6) is 1.44. The second-order valence-corrected chi connectivity index (χ2v) is 7.32. The number of rotatable bonds is 6. The monoisotopic (exact) mass is 451 g/mol. The molecule has 0 bridgehead atoms. The Balaban J connectivity index is 1.87. The summed E-state index contributed by atoms with van der Waals surface area (Å²) in [5, 5.41) is 0. The molecular weight excluding hydrogens is 429 g/mol. The van der Waals surface area contributed by atoms with E-state index in [4.69, 9.17) is 9.47 Å². The fourth-order valence-corrected chi connectivity index (χ4v) is 4.03. The first kappa shape index (κ1) is 18.0.